The molecule has 0 radical (unpaired) electrons. The lowest BCUT2D eigenvalue weighted by Gasteiger charge is -2.13. The Bertz CT molecular complexity index is 754. The third kappa shape index (κ3) is 1.98. The van der Waals surface area contributed by atoms with E-state index in [1.165, 1.54) is 4.90 Å². The number of aromatic nitrogens is 1. The summed E-state index contributed by atoms with van der Waals surface area (Å²) in [4.78, 5) is 30.4. The molecular formula is C16H15N3O2. The second-order valence-electron chi connectivity index (χ2n) is 5.14. The molecule has 0 atom stereocenters. The minimum Gasteiger partial charge on any atom is -0.383 e. The van der Waals surface area contributed by atoms with E-state index < -0.39 is 0 Å². The van der Waals surface area contributed by atoms with E-state index in [0.717, 1.165) is 5.56 Å². The first-order valence-electron chi connectivity index (χ1n) is 6.67. The number of aryl methyl sites for hydroxylation is 1. The van der Waals surface area contributed by atoms with Gasteiger partial charge in [0.1, 0.15) is 5.82 Å². The van der Waals surface area contributed by atoms with Crippen LogP contribution in [0.5, 0.6) is 0 Å². The normalized spacial score (nSPS) is 13.7. The molecule has 0 bridgehead atoms. The molecule has 2 N–H and O–H groups in total. The van der Waals surface area contributed by atoms with Gasteiger partial charge in [0, 0.05) is 5.69 Å². The minimum absolute atomic E-state index is 0.127. The number of hydrogen-bond acceptors (Lipinski definition) is 4. The molecule has 0 saturated carbocycles. The molecule has 5 heteroatoms. The second-order valence-corrected chi connectivity index (χ2v) is 5.14. The lowest BCUT2D eigenvalue weighted by molar-refractivity contribution is 0.0642. The van der Waals surface area contributed by atoms with Crippen LogP contribution in [0.25, 0.3) is 0 Å². The van der Waals surface area contributed by atoms with Crippen molar-refractivity contribution in [2.45, 2.75) is 20.4 Å². The number of nitrogen functional groups attached to an aromatic ring is 1. The molecule has 2 aromatic rings. The molecule has 0 aliphatic carbocycles. The van der Waals surface area contributed by atoms with E-state index in [-0.39, 0.29) is 29.7 Å². The molecule has 1 aromatic carbocycles. The van der Waals surface area contributed by atoms with Crippen LogP contribution in [0.4, 0.5) is 5.82 Å². The maximum Gasteiger partial charge on any atom is 0.265 e. The molecular weight excluding hydrogens is 266 g/mol. The fraction of sp³-hybridized carbons (Fsp3) is 0.188. The van der Waals surface area contributed by atoms with Gasteiger partial charge < -0.3 is 5.73 Å². The second kappa shape index (κ2) is 4.70. The number of fused-ring (bicyclic) bond motifs is 1. The first kappa shape index (κ1) is 13.3. The summed E-state index contributed by atoms with van der Waals surface area (Å²) in [6, 6.07) is 9.39. The summed E-state index contributed by atoms with van der Waals surface area (Å²) in [6.07, 6.45) is 0. The minimum atomic E-state index is -0.369. The van der Waals surface area contributed by atoms with Gasteiger partial charge in [-0.05, 0) is 25.0 Å². The quantitative estimate of drug-likeness (QED) is 0.855. The largest absolute Gasteiger partial charge is 0.383 e. The number of amides is 2. The van der Waals surface area contributed by atoms with E-state index in [1.54, 1.807) is 13.8 Å². The van der Waals surface area contributed by atoms with Gasteiger partial charge in [0.25, 0.3) is 11.8 Å². The number of anilines is 1. The predicted molar refractivity (Wildman–Crippen MR) is 78.8 cm³/mol. The molecule has 106 valence electrons. The van der Waals surface area contributed by atoms with Gasteiger partial charge in [-0.3, -0.25) is 14.5 Å². The lowest BCUT2D eigenvalue weighted by atomic mass is 10.0. The fourth-order valence-corrected chi connectivity index (χ4v) is 2.57. The van der Waals surface area contributed by atoms with Crippen LogP contribution < -0.4 is 5.73 Å². The van der Waals surface area contributed by atoms with Crippen LogP contribution in [-0.4, -0.2) is 21.7 Å². The zero-order valence-corrected chi connectivity index (χ0v) is 11.9. The highest BCUT2D eigenvalue weighted by atomic mass is 16.2. The third-order valence-electron chi connectivity index (χ3n) is 3.81. The van der Waals surface area contributed by atoms with E-state index in [2.05, 4.69) is 4.98 Å². The van der Waals surface area contributed by atoms with E-state index in [1.807, 2.05) is 30.3 Å². The van der Waals surface area contributed by atoms with Crippen LogP contribution in [0.2, 0.25) is 0 Å². The highest BCUT2D eigenvalue weighted by molar-refractivity contribution is 6.23. The van der Waals surface area contributed by atoms with Gasteiger partial charge in [0.2, 0.25) is 0 Å². The summed E-state index contributed by atoms with van der Waals surface area (Å²) in [6.45, 7) is 3.81. The average Bonchev–Trinajstić information content (AvgIpc) is 2.71. The number of nitrogens with zero attached hydrogens (tertiary/aromatic N) is 2. The van der Waals surface area contributed by atoms with Crippen molar-refractivity contribution in [2.24, 2.45) is 0 Å². The average molecular weight is 281 g/mol. The van der Waals surface area contributed by atoms with Crippen LogP contribution >= 0.6 is 0 Å². The Hall–Kier alpha value is -2.69. The van der Waals surface area contributed by atoms with Crippen molar-refractivity contribution in [3.8, 4) is 0 Å². The number of nitrogens with two attached hydrogens (primary N) is 1. The summed E-state index contributed by atoms with van der Waals surface area (Å²) in [5.41, 5.74) is 8.75. The zero-order chi connectivity index (χ0) is 15.1. The van der Waals surface area contributed by atoms with E-state index in [9.17, 15) is 9.59 Å². The van der Waals surface area contributed by atoms with Crippen molar-refractivity contribution in [3.63, 3.8) is 0 Å². The summed E-state index contributed by atoms with van der Waals surface area (Å²) >= 11 is 0. The number of rotatable bonds is 2. The molecule has 2 heterocycles. The van der Waals surface area contributed by atoms with Crippen molar-refractivity contribution in [1.29, 1.82) is 0 Å². The van der Waals surface area contributed by atoms with Gasteiger partial charge in [-0.2, -0.15) is 0 Å². The van der Waals surface area contributed by atoms with Gasteiger partial charge in [-0.1, -0.05) is 30.3 Å². The molecule has 2 amide bonds. The van der Waals surface area contributed by atoms with Crippen LogP contribution in [-0.2, 0) is 6.54 Å². The predicted octanol–water partition coefficient (Wildman–Crippen LogP) is 2.08. The number of hydrogen-bond donors (Lipinski definition) is 1. The maximum atomic E-state index is 12.6. The van der Waals surface area contributed by atoms with E-state index >= 15 is 0 Å². The molecule has 5 nitrogen and oxygen atoms in total. The molecule has 1 aromatic heterocycles. The highest BCUT2D eigenvalue weighted by Gasteiger charge is 2.39. The Kier molecular flexibility index (Phi) is 2.97. The van der Waals surface area contributed by atoms with Crippen molar-refractivity contribution in [1.82, 2.24) is 9.88 Å². The van der Waals surface area contributed by atoms with Gasteiger partial charge in [-0.15, -0.1) is 0 Å². The van der Waals surface area contributed by atoms with Crippen LogP contribution in [0.3, 0.4) is 0 Å². The van der Waals surface area contributed by atoms with Gasteiger partial charge in [0.05, 0.1) is 17.7 Å². The smallest absolute Gasteiger partial charge is 0.265 e. The highest BCUT2D eigenvalue weighted by Crippen LogP contribution is 2.31. The Morgan fingerprint density at radius 1 is 1.05 bits per heavy atom. The number of pyridine rings is 1. The number of carbonyl (C=O) groups excluding carboxylic acids is 2. The molecule has 0 fully saturated rings. The van der Waals surface area contributed by atoms with Crippen LogP contribution in [0.15, 0.2) is 30.3 Å². The lowest BCUT2D eigenvalue weighted by Crippen LogP contribution is -2.29. The Labute approximate surface area is 122 Å². The first-order chi connectivity index (χ1) is 10.0. The Morgan fingerprint density at radius 3 is 2.33 bits per heavy atom. The van der Waals surface area contributed by atoms with Crippen molar-refractivity contribution < 1.29 is 9.59 Å². The molecule has 3 rings (SSSR count). The first-order valence-corrected chi connectivity index (χ1v) is 6.67. The van der Waals surface area contributed by atoms with Crippen molar-refractivity contribution in [3.05, 3.63) is 58.3 Å². The number of carbonyl (C=O) groups is 2. The summed E-state index contributed by atoms with van der Waals surface area (Å²) in [5, 5.41) is 0. The van der Waals surface area contributed by atoms with Gasteiger partial charge >= 0.3 is 0 Å². The molecule has 0 spiro atoms. The SMILES string of the molecule is Cc1nc(N)c2c(c1C)C(=O)N(Cc1ccccc1)C2=O. The number of imide groups is 1. The van der Waals surface area contributed by atoms with Crippen LogP contribution in [0.1, 0.15) is 37.5 Å². The Balaban J connectivity index is 2.05. The fourth-order valence-electron chi connectivity index (χ4n) is 2.57. The molecule has 0 saturated heterocycles. The van der Waals surface area contributed by atoms with Gasteiger partial charge in [-0.25, -0.2) is 4.98 Å². The van der Waals surface area contributed by atoms with Crippen molar-refractivity contribution >= 4 is 17.6 Å². The topological polar surface area (TPSA) is 76.3 Å². The molecule has 1 aliphatic heterocycles. The summed E-state index contributed by atoms with van der Waals surface area (Å²) in [5.74, 6) is -0.539. The zero-order valence-electron chi connectivity index (χ0n) is 11.9. The molecule has 0 unspecified atom stereocenters. The van der Waals surface area contributed by atoms with Crippen LogP contribution in [0, 0.1) is 13.8 Å². The maximum absolute atomic E-state index is 12.6. The number of benzene rings is 1. The van der Waals surface area contributed by atoms with E-state index in [4.69, 9.17) is 5.73 Å². The Morgan fingerprint density at radius 2 is 1.67 bits per heavy atom. The standard InChI is InChI=1S/C16H15N3O2/c1-9-10(2)18-14(17)13-12(9)15(20)19(16(13)21)8-11-6-4-3-5-7-11/h3-7H,8H2,1-2H3,(H2,17,18). The van der Waals surface area contributed by atoms with Gasteiger partial charge in [0.15, 0.2) is 0 Å². The van der Waals surface area contributed by atoms with Crippen molar-refractivity contribution in [2.75, 3.05) is 5.73 Å². The molecule has 21 heavy (non-hydrogen) atoms. The molecule has 1 aliphatic rings. The monoisotopic (exact) mass is 281 g/mol. The van der Waals surface area contributed by atoms with E-state index in [0.29, 0.717) is 16.8 Å². The summed E-state index contributed by atoms with van der Waals surface area (Å²) < 4.78 is 0. The summed E-state index contributed by atoms with van der Waals surface area (Å²) in [7, 11) is 0. The third-order valence-corrected chi connectivity index (χ3v) is 3.81.